The van der Waals surface area contributed by atoms with Gasteiger partial charge in [0.1, 0.15) is 5.82 Å². The summed E-state index contributed by atoms with van der Waals surface area (Å²) in [6.45, 7) is 6.73. The third-order valence-corrected chi connectivity index (χ3v) is 5.95. The molecular formula is C22H24BrFN4OS. The Balaban J connectivity index is 1.71. The molecule has 2 aromatic carbocycles. The number of thioether (sulfide) groups is 1. The van der Waals surface area contributed by atoms with Gasteiger partial charge in [0.05, 0.1) is 17.4 Å². The monoisotopic (exact) mass is 490 g/mol. The van der Waals surface area contributed by atoms with Gasteiger partial charge in [0.15, 0.2) is 11.0 Å². The molecule has 0 aliphatic rings. The highest BCUT2D eigenvalue weighted by Crippen LogP contribution is 2.27. The van der Waals surface area contributed by atoms with E-state index in [0.717, 1.165) is 10.0 Å². The molecule has 5 nitrogen and oxygen atoms in total. The van der Waals surface area contributed by atoms with Crippen LogP contribution in [0.2, 0.25) is 0 Å². The summed E-state index contributed by atoms with van der Waals surface area (Å²) in [5, 5.41) is 12.0. The van der Waals surface area contributed by atoms with Crippen LogP contribution in [0.15, 0.2) is 58.2 Å². The van der Waals surface area contributed by atoms with Crippen molar-refractivity contribution in [2.24, 2.45) is 5.92 Å². The van der Waals surface area contributed by atoms with Crippen molar-refractivity contribution >= 4 is 33.6 Å². The van der Waals surface area contributed by atoms with Crippen LogP contribution in [-0.4, -0.2) is 26.4 Å². The summed E-state index contributed by atoms with van der Waals surface area (Å²) in [5.74, 6) is 0.563. The Morgan fingerprint density at radius 1 is 1.13 bits per heavy atom. The fraction of sp³-hybridized carbons (Fsp3) is 0.318. The SMILES string of the molecule is CC(C)Cn1c(SCC(=O)NC(C)c2ccc(Br)cc2)nnc1-c1ccccc1F. The number of carbonyl (C=O) groups is 1. The molecular weight excluding hydrogens is 467 g/mol. The van der Waals surface area contributed by atoms with E-state index in [1.165, 1.54) is 17.8 Å². The fourth-order valence-electron chi connectivity index (χ4n) is 3.02. The lowest BCUT2D eigenvalue weighted by Crippen LogP contribution is -2.28. The summed E-state index contributed by atoms with van der Waals surface area (Å²) in [5.41, 5.74) is 1.44. The third kappa shape index (κ3) is 5.70. The van der Waals surface area contributed by atoms with Crippen molar-refractivity contribution in [3.05, 3.63) is 64.4 Å². The van der Waals surface area contributed by atoms with Gasteiger partial charge in [0, 0.05) is 11.0 Å². The second-order valence-corrected chi connectivity index (χ2v) is 9.28. The van der Waals surface area contributed by atoms with E-state index in [4.69, 9.17) is 0 Å². The summed E-state index contributed by atoms with van der Waals surface area (Å²) >= 11 is 4.72. The van der Waals surface area contributed by atoms with Crippen LogP contribution < -0.4 is 5.32 Å². The number of amides is 1. The Labute approximate surface area is 188 Å². The largest absolute Gasteiger partial charge is 0.349 e. The van der Waals surface area contributed by atoms with Gasteiger partial charge < -0.3 is 9.88 Å². The van der Waals surface area contributed by atoms with Crippen LogP contribution in [0, 0.1) is 11.7 Å². The molecule has 0 fully saturated rings. The van der Waals surface area contributed by atoms with E-state index in [2.05, 4.69) is 45.3 Å². The van der Waals surface area contributed by atoms with Crippen LogP contribution in [-0.2, 0) is 11.3 Å². The lowest BCUT2D eigenvalue weighted by Gasteiger charge is -2.15. The fourth-order valence-corrected chi connectivity index (χ4v) is 4.04. The van der Waals surface area contributed by atoms with Crippen LogP contribution in [0.25, 0.3) is 11.4 Å². The number of halogens is 2. The molecule has 1 heterocycles. The van der Waals surface area contributed by atoms with E-state index in [0.29, 0.717) is 29.0 Å². The van der Waals surface area contributed by atoms with E-state index in [9.17, 15) is 9.18 Å². The first kappa shape index (κ1) is 22.5. The standard InChI is InChI=1S/C22H24BrFN4OS/c1-14(2)12-28-21(18-6-4-5-7-19(18)24)26-27-22(28)30-13-20(29)25-15(3)16-8-10-17(23)11-9-16/h4-11,14-15H,12-13H2,1-3H3,(H,25,29). The molecule has 30 heavy (non-hydrogen) atoms. The van der Waals surface area contributed by atoms with E-state index in [-0.39, 0.29) is 23.5 Å². The smallest absolute Gasteiger partial charge is 0.230 e. The zero-order chi connectivity index (χ0) is 21.7. The predicted molar refractivity (Wildman–Crippen MR) is 122 cm³/mol. The predicted octanol–water partition coefficient (Wildman–Crippen LogP) is 5.47. The molecule has 0 aliphatic heterocycles. The molecule has 0 saturated heterocycles. The molecule has 8 heteroatoms. The van der Waals surface area contributed by atoms with Gasteiger partial charge in [-0.05, 0) is 42.7 Å². The zero-order valence-electron chi connectivity index (χ0n) is 17.1. The highest BCUT2D eigenvalue weighted by molar-refractivity contribution is 9.10. The van der Waals surface area contributed by atoms with Gasteiger partial charge in [-0.3, -0.25) is 4.79 Å². The summed E-state index contributed by atoms with van der Waals surface area (Å²) in [4.78, 5) is 12.5. The van der Waals surface area contributed by atoms with Gasteiger partial charge in [-0.25, -0.2) is 4.39 Å². The maximum Gasteiger partial charge on any atom is 0.230 e. The Kier molecular flexibility index (Phi) is 7.66. The van der Waals surface area contributed by atoms with E-state index in [1.54, 1.807) is 18.2 Å². The molecule has 0 radical (unpaired) electrons. The molecule has 1 unspecified atom stereocenters. The van der Waals surface area contributed by atoms with Gasteiger partial charge >= 0.3 is 0 Å². The molecule has 0 aliphatic carbocycles. The van der Waals surface area contributed by atoms with Crippen LogP contribution in [0.1, 0.15) is 32.4 Å². The van der Waals surface area contributed by atoms with Crippen LogP contribution in [0.4, 0.5) is 4.39 Å². The number of nitrogens with zero attached hydrogens (tertiary/aromatic N) is 3. The van der Waals surface area contributed by atoms with Crippen molar-refractivity contribution in [3.8, 4) is 11.4 Å². The van der Waals surface area contributed by atoms with Crippen molar-refractivity contribution in [2.45, 2.75) is 38.5 Å². The molecule has 1 atom stereocenters. The van der Waals surface area contributed by atoms with Crippen LogP contribution in [0.5, 0.6) is 0 Å². The molecule has 0 bridgehead atoms. The number of hydrogen-bond donors (Lipinski definition) is 1. The van der Waals surface area contributed by atoms with Gasteiger partial charge in [-0.2, -0.15) is 0 Å². The minimum absolute atomic E-state index is 0.0954. The van der Waals surface area contributed by atoms with E-state index >= 15 is 0 Å². The van der Waals surface area contributed by atoms with Crippen LogP contribution in [0.3, 0.4) is 0 Å². The van der Waals surface area contributed by atoms with Gasteiger partial charge in [-0.1, -0.05) is 65.8 Å². The number of benzene rings is 2. The molecule has 3 aromatic rings. The third-order valence-electron chi connectivity index (χ3n) is 4.46. The van der Waals surface area contributed by atoms with Gasteiger partial charge in [0.25, 0.3) is 0 Å². The maximum absolute atomic E-state index is 14.3. The lowest BCUT2D eigenvalue weighted by atomic mass is 10.1. The first-order chi connectivity index (χ1) is 14.3. The maximum atomic E-state index is 14.3. The second-order valence-electron chi connectivity index (χ2n) is 7.42. The molecule has 1 N–H and O–H groups in total. The number of nitrogens with one attached hydrogen (secondary N) is 1. The van der Waals surface area contributed by atoms with Crippen molar-refractivity contribution < 1.29 is 9.18 Å². The first-order valence-corrected chi connectivity index (χ1v) is 11.5. The zero-order valence-corrected chi connectivity index (χ0v) is 19.5. The highest BCUT2D eigenvalue weighted by Gasteiger charge is 2.19. The summed E-state index contributed by atoms with van der Waals surface area (Å²) < 4.78 is 17.2. The molecule has 1 aromatic heterocycles. The van der Waals surface area contributed by atoms with Crippen molar-refractivity contribution in [1.82, 2.24) is 20.1 Å². The molecule has 158 valence electrons. The Hall–Kier alpha value is -2.19. The molecule has 1 amide bonds. The summed E-state index contributed by atoms with van der Waals surface area (Å²) in [6, 6.07) is 14.3. The molecule has 0 saturated carbocycles. The topological polar surface area (TPSA) is 59.8 Å². The average Bonchev–Trinajstić information content (AvgIpc) is 3.09. The first-order valence-electron chi connectivity index (χ1n) is 9.71. The minimum atomic E-state index is -0.340. The number of rotatable bonds is 8. The molecule has 3 rings (SSSR count). The number of aromatic nitrogens is 3. The van der Waals surface area contributed by atoms with E-state index in [1.807, 2.05) is 35.8 Å². The Morgan fingerprint density at radius 2 is 1.83 bits per heavy atom. The minimum Gasteiger partial charge on any atom is -0.349 e. The van der Waals surface area contributed by atoms with Crippen molar-refractivity contribution in [2.75, 3.05) is 5.75 Å². The summed E-state index contributed by atoms with van der Waals surface area (Å²) in [6.07, 6.45) is 0. The second kappa shape index (κ2) is 10.2. The van der Waals surface area contributed by atoms with Crippen molar-refractivity contribution in [1.29, 1.82) is 0 Å². The van der Waals surface area contributed by atoms with Gasteiger partial charge in [0.2, 0.25) is 5.91 Å². The quantitative estimate of drug-likeness (QED) is 0.425. The van der Waals surface area contributed by atoms with Gasteiger partial charge in [-0.15, -0.1) is 10.2 Å². The van der Waals surface area contributed by atoms with E-state index < -0.39 is 0 Å². The summed E-state index contributed by atoms with van der Waals surface area (Å²) in [7, 11) is 0. The van der Waals surface area contributed by atoms with Crippen LogP contribution >= 0.6 is 27.7 Å². The Bertz CT molecular complexity index is 1010. The van der Waals surface area contributed by atoms with Crippen molar-refractivity contribution in [3.63, 3.8) is 0 Å². The molecule has 0 spiro atoms. The number of carbonyl (C=O) groups excluding carboxylic acids is 1. The lowest BCUT2D eigenvalue weighted by molar-refractivity contribution is -0.119. The number of hydrogen-bond acceptors (Lipinski definition) is 4. The highest BCUT2D eigenvalue weighted by atomic mass is 79.9. The Morgan fingerprint density at radius 3 is 2.50 bits per heavy atom. The average molecular weight is 491 g/mol. The normalized spacial score (nSPS) is 12.2.